The summed E-state index contributed by atoms with van der Waals surface area (Å²) in [7, 11) is -4.02. The second kappa shape index (κ2) is 11.7. The Morgan fingerprint density at radius 3 is 2.33 bits per heavy atom. The number of rotatable bonds is 10. The number of anilines is 1. The van der Waals surface area contributed by atoms with Crippen LogP contribution < -0.4 is 9.62 Å². The van der Waals surface area contributed by atoms with Crippen molar-refractivity contribution in [3.05, 3.63) is 63.9 Å². The van der Waals surface area contributed by atoms with E-state index in [0.29, 0.717) is 26.5 Å². The lowest BCUT2D eigenvalue weighted by molar-refractivity contribution is -0.140. The van der Waals surface area contributed by atoms with Crippen LogP contribution in [0.25, 0.3) is 0 Å². The first-order valence-electron chi connectivity index (χ1n) is 10.2. The Balaban J connectivity index is 2.48. The van der Waals surface area contributed by atoms with Crippen LogP contribution in [0.1, 0.15) is 25.8 Å². The van der Waals surface area contributed by atoms with Crippen LogP contribution in [0.5, 0.6) is 0 Å². The Morgan fingerprint density at radius 1 is 1.12 bits per heavy atom. The molecule has 11 heteroatoms. The standard InChI is InChI=1S/C22H26Cl2FN3O4S/c1-4-19(22(30)26-5-2)27(13-15-10-11-16(23)12-17(15)24)21(29)14-28(33(3,31)32)20-9-7-6-8-18(20)25/h6-12,19H,4-5,13-14H2,1-3H3,(H,26,30)/t19-/m1/s1. The van der Waals surface area contributed by atoms with Crippen LogP contribution in [-0.2, 0) is 26.2 Å². The number of carbonyl (C=O) groups excluding carboxylic acids is 2. The molecule has 1 N–H and O–H groups in total. The highest BCUT2D eigenvalue weighted by Crippen LogP contribution is 2.25. The number of likely N-dealkylation sites (N-methyl/N-ethyl adjacent to an activating group) is 1. The first kappa shape index (κ1) is 26.9. The SMILES string of the molecule is CCNC(=O)[C@@H](CC)N(Cc1ccc(Cl)cc1Cl)C(=O)CN(c1ccccc1F)S(C)(=O)=O. The van der Waals surface area contributed by atoms with Crippen molar-refractivity contribution in [3.8, 4) is 0 Å². The average molecular weight is 518 g/mol. The van der Waals surface area contributed by atoms with Gasteiger partial charge in [-0.15, -0.1) is 0 Å². The maximum atomic E-state index is 14.4. The third-order valence-corrected chi connectivity index (χ3v) is 6.61. The van der Waals surface area contributed by atoms with Crippen molar-refractivity contribution in [3.63, 3.8) is 0 Å². The smallest absolute Gasteiger partial charge is 0.244 e. The summed E-state index contributed by atoms with van der Waals surface area (Å²) in [6.45, 7) is 3.06. The van der Waals surface area contributed by atoms with Gasteiger partial charge in [-0.25, -0.2) is 12.8 Å². The Labute approximate surface area is 203 Å². The molecule has 0 aliphatic rings. The van der Waals surface area contributed by atoms with E-state index in [-0.39, 0.29) is 18.7 Å². The normalized spacial score (nSPS) is 12.2. The largest absolute Gasteiger partial charge is 0.355 e. The molecule has 0 fully saturated rings. The molecular formula is C22H26Cl2FN3O4S. The molecule has 0 radical (unpaired) electrons. The number of carbonyl (C=O) groups is 2. The van der Waals surface area contributed by atoms with E-state index in [1.54, 1.807) is 26.0 Å². The summed E-state index contributed by atoms with van der Waals surface area (Å²) >= 11 is 12.2. The molecule has 0 heterocycles. The van der Waals surface area contributed by atoms with Crippen LogP contribution in [0.15, 0.2) is 42.5 Å². The summed E-state index contributed by atoms with van der Waals surface area (Å²) < 4.78 is 40.0. The fraction of sp³-hybridized carbons (Fsp3) is 0.364. The van der Waals surface area contributed by atoms with Crippen LogP contribution in [-0.4, -0.2) is 50.5 Å². The van der Waals surface area contributed by atoms with Gasteiger partial charge in [0.15, 0.2) is 0 Å². The van der Waals surface area contributed by atoms with E-state index < -0.39 is 40.2 Å². The average Bonchev–Trinajstić information content (AvgIpc) is 2.73. The number of hydrogen-bond acceptors (Lipinski definition) is 4. The lowest BCUT2D eigenvalue weighted by Crippen LogP contribution is -2.52. The van der Waals surface area contributed by atoms with E-state index in [0.717, 1.165) is 12.3 Å². The van der Waals surface area contributed by atoms with E-state index in [9.17, 15) is 22.4 Å². The molecule has 0 unspecified atom stereocenters. The van der Waals surface area contributed by atoms with Gasteiger partial charge < -0.3 is 10.2 Å². The van der Waals surface area contributed by atoms with Gasteiger partial charge in [-0.3, -0.25) is 13.9 Å². The van der Waals surface area contributed by atoms with Gasteiger partial charge in [0, 0.05) is 23.1 Å². The van der Waals surface area contributed by atoms with Crippen LogP contribution in [0, 0.1) is 5.82 Å². The summed E-state index contributed by atoms with van der Waals surface area (Å²) in [5.74, 6) is -1.87. The lowest BCUT2D eigenvalue weighted by atomic mass is 10.1. The Morgan fingerprint density at radius 2 is 1.79 bits per heavy atom. The third kappa shape index (κ3) is 7.06. The summed E-state index contributed by atoms with van der Waals surface area (Å²) in [6.07, 6.45) is 1.15. The predicted octanol–water partition coefficient (Wildman–Crippen LogP) is 3.84. The monoisotopic (exact) mass is 517 g/mol. The molecule has 0 aromatic heterocycles. The molecule has 0 spiro atoms. The quantitative estimate of drug-likeness (QED) is 0.518. The number of halogens is 3. The van der Waals surface area contributed by atoms with E-state index in [1.807, 2.05) is 0 Å². The van der Waals surface area contributed by atoms with E-state index in [4.69, 9.17) is 23.2 Å². The predicted molar refractivity (Wildman–Crippen MR) is 128 cm³/mol. The lowest BCUT2D eigenvalue weighted by Gasteiger charge is -2.33. The molecule has 2 amide bonds. The maximum absolute atomic E-state index is 14.4. The van der Waals surface area contributed by atoms with Crippen LogP contribution in [0.4, 0.5) is 10.1 Å². The number of nitrogens with zero attached hydrogens (tertiary/aromatic N) is 2. The molecule has 0 bridgehead atoms. The Bertz CT molecular complexity index is 1110. The summed E-state index contributed by atoms with van der Waals surface area (Å²) in [4.78, 5) is 27.4. The van der Waals surface area contributed by atoms with Crippen molar-refractivity contribution < 1.29 is 22.4 Å². The number of sulfonamides is 1. The first-order chi connectivity index (χ1) is 15.5. The molecule has 7 nitrogen and oxygen atoms in total. The molecule has 1 atom stereocenters. The van der Waals surface area contributed by atoms with E-state index >= 15 is 0 Å². The summed E-state index contributed by atoms with van der Waals surface area (Å²) in [5.41, 5.74) is 0.262. The van der Waals surface area contributed by atoms with Crippen molar-refractivity contribution >= 4 is 50.7 Å². The van der Waals surface area contributed by atoms with Gasteiger partial charge in [0.2, 0.25) is 21.8 Å². The second-order valence-corrected chi connectivity index (χ2v) is 10.0. The zero-order valence-corrected chi connectivity index (χ0v) is 20.8. The van der Waals surface area contributed by atoms with Gasteiger partial charge in [-0.1, -0.05) is 48.3 Å². The van der Waals surface area contributed by atoms with Crippen molar-refractivity contribution in [1.29, 1.82) is 0 Å². The van der Waals surface area contributed by atoms with Gasteiger partial charge in [0.1, 0.15) is 18.4 Å². The van der Waals surface area contributed by atoms with Gasteiger partial charge in [0.25, 0.3) is 0 Å². The molecule has 180 valence electrons. The molecular weight excluding hydrogens is 492 g/mol. The van der Waals surface area contributed by atoms with Crippen molar-refractivity contribution in [2.45, 2.75) is 32.9 Å². The van der Waals surface area contributed by atoms with Gasteiger partial charge in [-0.05, 0) is 43.2 Å². The fourth-order valence-corrected chi connectivity index (χ4v) is 4.61. The van der Waals surface area contributed by atoms with Crippen molar-refractivity contribution in [1.82, 2.24) is 10.2 Å². The Hall–Kier alpha value is -2.36. The summed E-state index contributed by atoms with van der Waals surface area (Å²) in [6, 6.07) is 9.09. The summed E-state index contributed by atoms with van der Waals surface area (Å²) in [5, 5.41) is 3.38. The van der Waals surface area contributed by atoms with E-state index in [2.05, 4.69) is 5.32 Å². The Kier molecular flexibility index (Phi) is 9.51. The minimum Gasteiger partial charge on any atom is -0.355 e. The van der Waals surface area contributed by atoms with Crippen LogP contribution in [0.2, 0.25) is 10.0 Å². The molecule has 2 rings (SSSR count). The maximum Gasteiger partial charge on any atom is 0.244 e. The zero-order chi connectivity index (χ0) is 24.8. The second-order valence-electron chi connectivity index (χ2n) is 7.30. The first-order valence-corrected chi connectivity index (χ1v) is 12.8. The van der Waals surface area contributed by atoms with Crippen molar-refractivity contribution in [2.75, 3.05) is 23.7 Å². The van der Waals surface area contributed by atoms with Crippen LogP contribution in [0.3, 0.4) is 0 Å². The number of hydrogen-bond donors (Lipinski definition) is 1. The highest BCUT2D eigenvalue weighted by atomic mass is 35.5. The molecule has 2 aromatic carbocycles. The number of nitrogens with one attached hydrogen (secondary N) is 1. The fourth-order valence-electron chi connectivity index (χ4n) is 3.29. The van der Waals surface area contributed by atoms with Crippen molar-refractivity contribution in [2.24, 2.45) is 0 Å². The van der Waals surface area contributed by atoms with Gasteiger partial charge in [0.05, 0.1) is 11.9 Å². The van der Waals surface area contributed by atoms with Crippen LogP contribution >= 0.6 is 23.2 Å². The molecule has 0 aliphatic carbocycles. The molecule has 0 aliphatic heterocycles. The minimum absolute atomic E-state index is 0.0701. The molecule has 33 heavy (non-hydrogen) atoms. The highest BCUT2D eigenvalue weighted by molar-refractivity contribution is 7.92. The zero-order valence-electron chi connectivity index (χ0n) is 18.5. The number of amides is 2. The number of benzene rings is 2. The van der Waals surface area contributed by atoms with Gasteiger partial charge in [-0.2, -0.15) is 0 Å². The van der Waals surface area contributed by atoms with E-state index in [1.165, 1.54) is 29.2 Å². The van der Waals surface area contributed by atoms with Gasteiger partial charge >= 0.3 is 0 Å². The minimum atomic E-state index is -4.02. The number of para-hydroxylation sites is 1. The molecule has 0 saturated carbocycles. The topological polar surface area (TPSA) is 86.8 Å². The highest BCUT2D eigenvalue weighted by Gasteiger charge is 2.32. The molecule has 2 aromatic rings. The molecule has 0 saturated heterocycles. The third-order valence-electron chi connectivity index (χ3n) is 4.89.